The number of nitrogens with one attached hydrogen (secondary N) is 1. The second-order valence-electron chi connectivity index (χ2n) is 7.14. The molecule has 178 valence electrons. The number of aromatic hydroxyl groups is 1. The Labute approximate surface area is 202 Å². The number of hydrogen-bond donors (Lipinski definition) is 2. The highest BCUT2D eigenvalue weighted by Crippen LogP contribution is 2.31. The van der Waals surface area contributed by atoms with E-state index in [1.807, 2.05) is 18.2 Å². The maximum atomic E-state index is 13.1. The van der Waals surface area contributed by atoms with Crippen molar-refractivity contribution in [2.24, 2.45) is 0 Å². The van der Waals surface area contributed by atoms with Gasteiger partial charge >= 0.3 is 6.36 Å². The zero-order valence-electron chi connectivity index (χ0n) is 17.6. The summed E-state index contributed by atoms with van der Waals surface area (Å²) in [6, 6.07) is 18.0. The molecule has 2 N–H and O–H groups in total. The summed E-state index contributed by atoms with van der Waals surface area (Å²) in [6.45, 7) is 0. The highest BCUT2D eigenvalue weighted by atomic mass is 32.1. The van der Waals surface area contributed by atoms with E-state index >= 15 is 0 Å². The number of phenolic OH excluding ortho intramolecular Hbond substituents is 1. The van der Waals surface area contributed by atoms with Crippen molar-refractivity contribution in [2.45, 2.75) is 6.36 Å². The van der Waals surface area contributed by atoms with Gasteiger partial charge in [-0.1, -0.05) is 18.2 Å². The van der Waals surface area contributed by atoms with Gasteiger partial charge in [-0.3, -0.25) is 19.8 Å². The van der Waals surface area contributed by atoms with Crippen LogP contribution in [0.4, 0.5) is 18.9 Å². The van der Waals surface area contributed by atoms with Gasteiger partial charge in [-0.2, -0.15) is 0 Å². The first-order valence-electron chi connectivity index (χ1n) is 9.94. The smallest absolute Gasteiger partial charge is 0.507 e. The number of amides is 2. The first-order chi connectivity index (χ1) is 16.6. The molecule has 35 heavy (non-hydrogen) atoms. The summed E-state index contributed by atoms with van der Waals surface area (Å²) < 4.78 is 47.2. The summed E-state index contributed by atoms with van der Waals surface area (Å²) in [6.07, 6.45) is -4.00. The van der Waals surface area contributed by atoms with E-state index in [4.69, 9.17) is 17.0 Å². The monoisotopic (exact) mass is 500 g/mol. The van der Waals surface area contributed by atoms with Gasteiger partial charge in [0.25, 0.3) is 11.8 Å². The minimum atomic E-state index is -4.96. The van der Waals surface area contributed by atoms with Crippen molar-refractivity contribution < 1.29 is 37.3 Å². The van der Waals surface area contributed by atoms with Crippen LogP contribution in [-0.4, -0.2) is 28.4 Å². The van der Waals surface area contributed by atoms with Gasteiger partial charge in [0.05, 0.1) is 5.69 Å². The number of benzene rings is 3. The predicted octanol–water partition coefficient (Wildman–Crippen LogP) is 4.91. The average molecular weight is 500 g/mol. The Morgan fingerprint density at radius 1 is 0.914 bits per heavy atom. The quantitative estimate of drug-likeness (QED) is 0.294. The van der Waals surface area contributed by atoms with Crippen molar-refractivity contribution in [3.05, 3.63) is 83.9 Å². The van der Waals surface area contributed by atoms with Crippen LogP contribution in [0, 0.1) is 0 Å². The molecule has 0 radical (unpaired) electrons. The molecule has 0 atom stereocenters. The van der Waals surface area contributed by atoms with Gasteiger partial charge in [0.2, 0.25) is 0 Å². The SMILES string of the molecule is O=C1NC(=S)N(c2ccc(Oc3ccccc3)cc2)C(=O)C1=Cc1cc(OC(F)(F)F)ccc1O. The lowest BCUT2D eigenvalue weighted by molar-refractivity contribution is -0.274. The van der Waals surface area contributed by atoms with Crippen molar-refractivity contribution in [3.63, 3.8) is 0 Å². The fourth-order valence-electron chi connectivity index (χ4n) is 3.18. The molecule has 0 unspecified atom stereocenters. The number of hydrogen-bond acceptors (Lipinski definition) is 6. The largest absolute Gasteiger partial charge is 0.573 e. The zero-order valence-corrected chi connectivity index (χ0v) is 18.4. The lowest BCUT2D eigenvalue weighted by Crippen LogP contribution is -2.54. The van der Waals surface area contributed by atoms with Crippen LogP contribution in [0.3, 0.4) is 0 Å². The van der Waals surface area contributed by atoms with E-state index in [1.165, 1.54) is 0 Å². The van der Waals surface area contributed by atoms with Crippen LogP contribution < -0.4 is 19.7 Å². The minimum Gasteiger partial charge on any atom is -0.507 e. The van der Waals surface area contributed by atoms with Crippen molar-refractivity contribution in [2.75, 3.05) is 4.90 Å². The summed E-state index contributed by atoms with van der Waals surface area (Å²) in [5, 5.41) is 12.2. The summed E-state index contributed by atoms with van der Waals surface area (Å²) in [4.78, 5) is 26.6. The second kappa shape index (κ2) is 9.47. The number of para-hydroxylation sites is 1. The third-order valence-corrected chi connectivity index (χ3v) is 4.99. The molecule has 1 heterocycles. The summed E-state index contributed by atoms with van der Waals surface area (Å²) in [5.74, 6) is -1.71. The molecular formula is C24H15F3N2O5S. The van der Waals surface area contributed by atoms with Gasteiger partial charge in [0.1, 0.15) is 28.6 Å². The third-order valence-electron chi connectivity index (χ3n) is 4.71. The highest BCUT2D eigenvalue weighted by Gasteiger charge is 2.35. The lowest BCUT2D eigenvalue weighted by atomic mass is 10.1. The van der Waals surface area contributed by atoms with E-state index in [2.05, 4.69) is 10.1 Å². The van der Waals surface area contributed by atoms with Crippen LogP contribution in [0.15, 0.2) is 78.4 Å². The second-order valence-corrected chi connectivity index (χ2v) is 7.52. The van der Waals surface area contributed by atoms with Crippen molar-refractivity contribution in [3.8, 4) is 23.0 Å². The molecule has 2 amide bonds. The van der Waals surface area contributed by atoms with E-state index in [-0.39, 0.29) is 10.7 Å². The van der Waals surface area contributed by atoms with Crippen molar-refractivity contribution >= 4 is 40.9 Å². The Morgan fingerprint density at radius 3 is 2.20 bits per heavy atom. The topological polar surface area (TPSA) is 88.1 Å². The third kappa shape index (κ3) is 5.58. The molecule has 0 bridgehead atoms. The van der Waals surface area contributed by atoms with Gasteiger partial charge < -0.3 is 14.6 Å². The number of rotatable bonds is 5. The van der Waals surface area contributed by atoms with Gasteiger partial charge in [-0.25, -0.2) is 0 Å². The molecule has 3 aromatic carbocycles. The number of carbonyl (C=O) groups excluding carboxylic acids is 2. The van der Waals surface area contributed by atoms with E-state index in [9.17, 15) is 27.9 Å². The molecule has 4 rings (SSSR count). The van der Waals surface area contributed by atoms with Crippen LogP contribution in [0.25, 0.3) is 6.08 Å². The maximum absolute atomic E-state index is 13.1. The molecule has 0 aromatic heterocycles. The molecule has 7 nitrogen and oxygen atoms in total. The number of anilines is 1. The van der Waals surface area contributed by atoms with Crippen LogP contribution in [0.1, 0.15) is 5.56 Å². The molecule has 11 heteroatoms. The number of carbonyl (C=O) groups is 2. The maximum Gasteiger partial charge on any atom is 0.573 e. The Hall–Kier alpha value is -4.38. The Morgan fingerprint density at radius 2 is 1.54 bits per heavy atom. The lowest BCUT2D eigenvalue weighted by Gasteiger charge is -2.29. The van der Waals surface area contributed by atoms with Crippen LogP contribution in [-0.2, 0) is 9.59 Å². The Bertz CT molecular complexity index is 1330. The van der Waals surface area contributed by atoms with E-state index in [0.717, 1.165) is 29.2 Å². The average Bonchev–Trinajstić information content (AvgIpc) is 2.79. The molecule has 0 saturated carbocycles. The molecule has 0 spiro atoms. The fourth-order valence-corrected chi connectivity index (χ4v) is 3.46. The standard InChI is InChI=1S/C24H15F3N2O5S/c25-24(26,27)34-18-10-11-20(30)14(12-18)13-19-21(31)28-23(35)29(22(19)32)15-6-8-17(9-7-15)33-16-4-2-1-3-5-16/h1-13,30H,(H,28,31,35). The number of nitrogens with zero attached hydrogens (tertiary/aromatic N) is 1. The molecule has 1 aliphatic rings. The summed E-state index contributed by atoms with van der Waals surface area (Å²) >= 11 is 5.15. The van der Waals surface area contributed by atoms with Crippen LogP contribution in [0.5, 0.6) is 23.0 Å². The zero-order chi connectivity index (χ0) is 25.2. The molecule has 3 aromatic rings. The number of ether oxygens (including phenoxy) is 2. The molecule has 1 fully saturated rings. The van der Waals surface area contributed by atoms with Gasteiger partial charge in [0, 0.05) is 5.56 Å². The highest BCUT2D eigenvalue weighted by molar-refractivity contribution is 7.80. The first-order valence-corrected chi connectivity index (χ1v) is 10.3. The van der Waals surface area contributed by atoms with Gasteiger partial charge in [-0.15, -0.1) is 13.2 Å². The molecular weight excluding hydrogens is 485 g/mol. The molecule has 0 aliphatic carbocycles. The van der Waals surface area contributed by atoms with Gasteiger partial charge in [-0.05, 0) is 72.9 Å². The van der Waals surface area contributed by atoms with Crippen LogP contribution >= 0.6 is 12.2 Å². The number of halogens is 3. The van der Waals surface area contributed by atoms with Crippen molar-refractivity contribution in [1.29, 1.82) is 0 Å². The molecule has 1 saturated heterocycles. The van der Waals surface area contributed by atoms with E-state index in [0.29, 0.717) is 17.2 Å². The minimum absolute atomic E-state index is 0.188. The van der Waals surface area contributed by atoms with Crippen LogP contribution in [0.2, 0.25) is 0 Å². The first kappa shape index (κ1) is 23.8. The Balaban J connectivity index is 1.61. The van der Waals surface area contributed by atoms with E-state index in [1.54, 1.807) is 36.4 Å². The van der Waals surface area contributed by atoms with Gasteiger partial charge in [0.15, 0.2) is 5.11 Å². The number of alkyl halides is 3. The molecule has 1 aliphatic heterocycles. The summed E-state index contributed by atoms with van der Waals surface area (Å²) in [7, 11) is 0. The fraction of sp³-hybridized carbons (Fsp3) is 0.0417. The van der Waals surface area contributed by atoms with E-state index < -0.39 is 35.2 Å². The number of phenols is 1. The predicted molar refractivity (Wildman–Crippen MR) is 124 cm³/mol. The van der Waals surface area contributed by atoms with Crippen molar-refractivity contribution in [1.82, 2.24) is 5.32 Å². The number of thiocarbonyl (C=S) groups is 1. The Kier molecular flexibility index (Phi) is 6.43. The normalized spacial score (nSPS) is 15.2. The summed E-state index contributed by atoms with van der Waals surface area (Å²) in [5.41, 5.74) is -0.378.